The lowest BCUT2D eigenvalue weighted by Crippen LogP contribution is -2.19. The van der Waals surface area contributed by atoms with Crippen molar-refractivity contribution >= 4 is 5.97 Å². The molecule has 6 heteroatoms. The Balaban J connectivity index is 2.52. The molecule has 0 aliphatic carbocycles. The third-order valence-corrected chi connectivity index (χ3v) is 3.99. The molecule has 0 radical (unpaired) electrons. The molecule has 0 aliphatic heterocycles. The number of ether oxygens (including phenoxy) is 1. The van der Waals surface area contributed by atoms with Crippen LogP contribution in [0.5, 0.6) is 5.75 Å². The number of carbonyl (C=O) groups excluding carboxylic acids is 1. The first-order valence-electron chi connectivity index (χ1n) is 8.88. The van der Waals surface area contributed by atoms with Crippen LogP contribution in [0.25, 0.3) is 0 Å². The Hall–Kier alpha value is -1.72. The maximum Gasteiger partial charge on any atom is 0.389 e. The van der Waals surface area contributed by atoms with Gasteiger partial charge in [-0.25, -0.2) is 4.79 Å². The minimum absolute atomic E-state index is 0.0363. The van der Waals surface area contributed by atoms with Crippen LogP contribution in [-0.2, 0) is 4.74 Å². The lowest BCUT2D eigenvalue weighted by Gasteiger charge is -2.18. The van der Waals surface area contributed by atoms with Crippen LogP contribution in [-0.4, -0.2) is 23.4 Å². The highest BCUT2D eigenvalue weighted by molar-refractivity contribution is 5.89. The summed E-state index contributed by atoms with van der Waals surface area (Å²) >= 11 is 0. The minimum atomic E-state index is -4.19. The number of esters is 1. The fourth-order valence-electron chi connectivity index (χ4n) is 2.58. The van der Waals surface area contributed by atoms with E-state index in [4.69, 9.17) is 4.74 Å². The Morgan fingerprint density at radius 3 is 2.24 bits per heavy atom. The van der Waals surface area contributed by atoms with Crippen molar-refractivity contribution < 1.29 is 27.8 Å². The SMILES string of the molecule is CCCCCCC[C@H](CCCC(F)(F)F)OC(=O)c1ccc(O)cc1. The number of unbranched alkanes of at least 4 members (excludes halogenated alkanes) is 4. The summed E-state index contributed by atoms with van der Waals surface area (Å²) in [7, 11) is 0. The first-order valence-corrected chi connectivity index (χ1v) is 8.88. The lowest BCUT2D eigenvalue weighted by atomic mass is 10.0. The molecule has 3 nitrogen and oxygen atoms in total. The number of carbonyl (C=O) groups is 1. The number of aromatic hydroxyl groups is 1. The summed E-state index contributed by atoms with van der Waals surface area (Å²) < 4.78 is 42.4. The van der Waals surface area contributed by atoms with Gasteiger partial charge in [0, 0.05) is 6.42 Å². The molecular weight excluding hydrogens is 333 g/mol. The predicted molar refractivity (Wildman–Crippen MR) is 90.6 cm³/mol. The molecule has 1 aromatic carbocycles. The van der Waals surface area contributed by atoms with E-state index in [-0.39, 0.29) is 24.2 Å². The van der Waals surface area contributed by atoms with E-state index in [1.54, 1.807) is 0 Å². The molecule has 0 fully saturated rings. The Kier molecular flexibility index (Phi) is 9.39. The lowest BCUT2D eigenvalue weighted by molar-refractivity contribution is -0.136. The van der Waals surface area contributed by atoms with Crippen molar-refractivity contribution in [2.75, 3.05) is 0 Å². The molecule has 0 saturated heterocycles. The summed E-state index contributed by atoms with van der Waals surface area (Å²) in [4.78, 5) is 12.1. The quantitative estimate of drug-likeness (QED) is 0.388. The van der Waals surface area contributed by atoms with Crippen molar-refractivity contribution in [2.24, 2.45) is 0 Å². The standard InChI is InChI=1S/C19H27F3O3/c1-2-3-4-5-6-8-17(9-7-14-19(20,21)22)25-18(24)15-10-12-16(23)13-11-15/h10-13,17,23H,2-9,14H2,1H3/t17-/m1/s1. The van der Waals surface area contributed by atoms with Crippen LogP contribution >= 0.6 is 0 Å². The van der Waals surface area contributed by atoms with Gasteiger partial charge in [-0.1, -0.05) is 32.6 Å². The van der Waals surface area contributed by atoms with E-state index >= 15 is 0 Å². The third kappa shape index (κ3) is 9.99. The summed E-state index contributed by atoms with van der Waals surface area (Å²) in [5, 5.41) is 9.24. The molecule has 1 N–H and O–H groups in total. The normalized spacial score (nSPS) is 12.8. The van der Waals surface area contributed by atoms with Gasteiger partial charge in [0.2, 0.25) is 0 Å². The second kappa shape index (κ2) is 11.0. The van der Waals surface area contributed by atoms with Crippen molar-refractivity contribution in [3.8, 4) is 5.75 Å². The Morgan fingerprint density at radius 2 is 1.64 bits per heavy atom. The minimum Gasteiger partial charge on any atom is -0.508 e. The molecule has 1 aromatic rings. The van der Waals surface area contributed by atoms with Crippen LogP contribution < -0.4 is 0 Å². The van der Waals surface area contributed by atoms with E-state index in [1.807, 2.05) is 0 Å². The van der Waals surface area contributed by atoms with Gasteiger partial charge in [0.15, 0.2) is 0 Å². The van der Waals surface area contributed by atoms with Gasteiger partial charge in [0.1, 0.15) is 11.9 Å². The van der Waals surface area contributed by atoms with Crippen LogP contribution in [0, 0.1) is 0 Å². The highest BCUT2D eigenvalue weighted by atomic mass is 19.4. The van der Waals surface area contributed by atoms with Crippen LogP contribution in [0.4, 0.5) is 13.2 Å². The number of hydrogen-bond donors (Lipinski definition) is 1. The molecule has 0 bridgehead atoms. The number of benzene rings is 1. The molecule has 0 amide bonds. The summed E-state index contributed by atoms with van der Waals surface area (Å²) in [5.41, 5.74) is 0.282. The summed E-state index contributed by atoms with van der Waals surface area (Å²) in [6.45, 7) is 2.11. The topological polar surface area (TPSA) is 46.5 Å². The van der Waals surface area contributed by atoms with Gasteiger partial charge in [0.05, 0.1) is 5.56 Å². The van der Waals surface area contributed by atoms with Crippen LogP contribution in [0.2, 0.25) is 0 Å². The zero-order chi connectivity index (χ0) is 18.7. The zero-order valence-electron chi connectivity index (χ0n) is 14.6. The molecule has 0 heterocycles. The molecule has 142 valence electrons. The van der Waals surface area contributed by atoms with Gasteiger partial charge in [-0.05, 0) is 49.9 Å². The largest absolute Gasteiger partial charge is 0.508 e. The smallest absolute Gasteiger partial charge is 0.389 e. The molecule has 25 heavy (non-hydrogen) atoms. The molecule has 1 atom stereocenters. The van der Waals surface area contributed by atoms with E-state index in [9.17, 15) is 23.1 Å². The fourth-order valence-corrected chi connectivity index (χ4v) is 2.58. The average Bonchev–Trinajstić information content (AvgIpc) is 2.53. The second-order valence-electron chi connectivity index (χ2n) is 6.28. The third-order valence-electron chi connectivity index (χ3n) is 3.99. The number of hydrogen-bond acceptors (Lipinski definition) is 3. The van der Waals surface area contributed by atoms with Crippen molar-refractivity contribution in [1.29, 1.82) is 0 Å². The molecule has 1 rings (SSSR count). The van der Waals surface area contributed by atoms with Crippen LogP contribution in [0.3, 0.4) is 0 Å². The van der Waals surface area contributed by atoms with E-state index in [0.29, 0.717) is 6.42 Å². The van der Waals surface area contributed by atoms with Gasteiger partial charge >= 0.3 is 12.1 Å². The first kappa shape index (κ1) is 21.3. The van der Waals surface area contributed by atoms with Gasteiger partial charge in [-0.2, -0.15) is 13.2 Å². The molecule has 0 spiro atoms. The summed E-state index contributed by atoms with van der Waals surface area (Å²) in [6.07, 6.45) is 0.316. The fraction of sp³-hybridized carbons (Fsp3) is 0.632. The van der Waals surface area contributed by atoms with E-state index in [1.165, 1.54) is 24.3 Å². The molecule has 0 saturated carbocycles. The average molecular weight is 360 g/mol. The Labute approximate surface area is 147 Å². The Morgan fingerprint density at radius 1 is 1.04 bits per heavy atom. The number of phenols is 1. The monoisotopic (exact) mass is 360 g/mol. The van der Waals surface area contributed by atoms with Crippen LogP contribution in [0.15, 0.2) is 24.3 Å². The van der Waals surface area contributed by atoms with E-state index in [0.717, 1.165) is 32.1 Å². The van der Waals surface area contributed by atoms with Gasteiger partial charge in [-0.3, -0.25) is 0 Å². The van der Waals surface area contributed by atoms with Crippen LogP contribution in [0.1, 0.15) is 75.1 Å². The van der Waals surface area contributed by atoms with Crippen molar-refractivity contribution in [1.82, 2.24) is 0 Å². The summed E-state index contributed by atoms with van der Waals surface area (Å²) in [6, 6.07) is 5.62. The van der Waals surface area contributed by atoms with Crippen molar-refractivity contribution in [3.63, 3.8) is 0 Å². The second-order valence-corrected chi connectivity index (χ2v) is 6.28. The summed E-state index contributed by atoms with van der Waals surface area (Å²) in [5.74, 6) is -0.528. The van der Waals surface area contributed by atoms with Gasteiger partial charge < -0.3 is 9.84 Å². The maximum atomic E-state index is 12.3. The number of alkyl halides is 3. The maximum absolute atomic E-state index is 12.3. The number of phenolic OH excluding ortho intramolecular Hbond substituents is 1. The molecule has 0 aromatic heterocycles. The molecule has 0 unspecified atom stereocenters. The van der Waals surface area contributed by atoms with Crippen molar-refractivity contribution in [3.05, 3.63) is 29.8 Å². The zero-order valence-corrected chi connectivity index (χ0v) is 14.6. The molecule has 0 aliphatic rings. The number of rotatable bonds is 11. The predicted octanol–water partition coefficient (Wildman–Crippen LogP) is 6.01. The highest BCUT2D eigenvalue weighted by Crippen LogP contribution is 2.25. The van der Waals surface area contributed by atoms with Gasteiger partial charge in [0.25, 0.3) is 0 Å². The van der Waals surface area contributed by atoms with Crippen molar-refractivity contribution in [2.45, 2.75) is 77.0 Å². The van der Waals surface area contributed by atoms with E-state index in [2.05, 4.69) is 6.92 Å². The van der Waals surface area contributed by atoms with Gasteiger partial charge in [-0.15, -0.1) is 0 Å². The first-order chi connectivity index (χ1) is 11.8. The highest BCUT2D eigenvalue weighted by Gasteiger charge is 2.27. The molecular formula is C19H27F3O3. The number of halogens is 3. The Bertz CT molecular complexity index is 498. The van der Waals surface area contributed by atoms with E-state index < -0.39 is 24.7 Å².